The highest BCUT2D eigenvalue weighted by molar-refractivity contribution is 5.69. The summed E-state index contributed by atoms with van der Waals surface area (Å²) in [6.45, 7) is 4.74. The molecule has 20 heavy (non-hydrogen) atoms. The lowest BCUT2D eigenvalue weighted by atomic mass is 9.85. The van der Waals surface area contributed by atoms with Gasteiger partial charge in [-0.2, -0.15) is 5.10 Å². The lowest BCUT2D eigenvalue weighted by Crippen LogP contribution is -2.21. The molecular weight excluding hydrogens is 252 g/mol. The van der Waals surface area contributed by atoms with Gasteiger partial charge in [0.25, 0.3) is 0 Å². The van der Waals surface area contributed by atoms with Crippen molar-refractivity contribution in [2.24, 2.45) is 18.9 Å². The number of nitrogens with zero attached hydrogens (tertiary/aromatic N) is 2. The average Bonchev–Trinajstić information content (AvgIpc) is 2.74. The summed E-state index contributed by atoms with van der Waals surface area (Å²) in [5.41, 5.74) is 2.12. The van der Waals surface area contributed by atoms with Crippen LogP contribution in [0.15, 0.2) is 18.3 Å². The minimum atomic E-state index is -0.102. The lowest BCUT2D eigenvalue weighted by molar-refractivity contribution is -0.145. The van der Waals surface area contributed by atoms with Gasteiger partial charge in [0.2, 0.25) is 0 Å². The Morgan fingerprint density at radius 2 is 2.20 bits per heavy atom. The van der Waals surface area contributed by atoms with Gasteiger partial charge in [0, 0.05) is 19.7 Å². The summed E-state index contributed by atoms with van der Waals surface area (Å²) >= 11 is 0. The molecule has 0 radical (unpaired) electrons. The highest BCUT2D eigenvalue weighted by atomic mass is 16.5. The highest BCUT2D eigenvalue weighted by Gasteiger charge is 2.20. The van der Waals surface area contributed by atoms with Gasteiger partial charge < -0.3 is 4.74 Å². The van der Waals surface area contributed by atoms with Crippen molar-refractivity contribution in [2.45, 2.75) is 39.5 Å². The van der Waals surface area contributed by atoms with E-state index in [1.165, 1.54) is 0 Å². The van der Waals surface area contributed by atoms with Gasteiger partial charge in [-0.25, -0.2) is 0 Å². The van der Waals surface area contributed by atoms with E-state index in [9.17, 15) is 4.79 Å². The highest BCUT2D eigenvalue weighted by Crippen LogP contribution is 2.25. The minimum absolute atomic E-state index is 0.102. The molecule has 2 unspecified atom stereocenters. The van der Waals surface area contributed by atoms with Gasteiger partial charge in [-0.1, -0.05) is 19.1 Å². The Morgan fingerprint density at radius 3 is 2.85 bits per heavy atom. The minimum Gasteiger partial charge on any atom is -0.465 e. The average molecular weight is 276 g/mol. The molecule has 0 saturated heterocycles. The zero-order chi connectivity index (χ0) is 14.5. The maximum Gasteiger partial charge on any atom is 0.306 e. The summed E-state index contributed by atoms with van der Waals surface area (Å²) < 4.78 is 7.20. The molecule has 0 spiro atoms. The van der Waals surface area contributed by atoms with Crippen molar-refractivity contribution in [3.8, 4) is 0 Å². The molecule has 0 aliphatic heterocycles. The maximum absolute atomic E-state index is 11.8. The quantitative estimate of drug-likeness (QED) is 0.613. The second-order valence-corrected chi connectivity index (χ2v) is 5.78. The Labute approximate surface area is 120 Å². The van der Waals surface area contributed by atoms with Gasteiger partial charge in [-0.3, -0.25) is 9.48 Å². The fourth-order valence-electron chi connectivity index (χ4n) is 2.64. The van der Waals surface area contributed by atoms with Crippen LogP contribution < -0.4 is 0 Å². The second kappa shape index (κ2) is 6.73. The normalized spacial score (nSPS) is 21.9. The van der Waals surface area contributed by atoms with Gasteiger partial charge in [0.15, 0.2) is 0 Å². The van der Waals surface area contributed by atoms with E-state index < -0.39 is 0 Å². The third kappa shape index (κ3) is 3.95. The number of carbonyl (C=O) groups excluding carboxylic acids is 1. The Hall–Kier alpha value is -1.58. The van der Waals surface area contributed by atoms with Crippen LogP contribution in [-0.4, -0.2) is 22.4 Å². The number of carbonyl (C=O) groups is 1. The molecule has 4 heteroatoms. The van der Waals surface area contributed by atoms with Gasteiger partial charge in [-0.05, 0) is 43.6 Å². The van der Waals surface area contributed by atoms with Crippen LogP contribution >= 0.6 is 0 Å². The molecule has 0 amide bonds. The molecule has 1 aliphatic carbocycles. The summed E-state index contributed by atoms with van der Waals surface area (Å²) in [6, 6.07) is 0. The maximum atomic E-state index is 11.8. The first kappa shape index (κ1) is 14.8. The molecule has 0 bridgehead atoms. The predicted molar refractivity (Wildman–Crippen MR) is 78.3 cm³/mol. The lowest BCUT2D eigenvalue weighted by Gasteiger charge is -2.24. The van der Waals surface area contributed by atoms with E-state index >= 15 is 0 Å². The van der Waals surface area contributed by atoms with Crippen LogP contribution in [0, 0.1) is 18.8 Å². The molecule has 0 N–H and O–H groups in total. The van der Waals surface area contributed by atoms with Crippen molar-refractivity contribution in [3.05, 3.63) is 29.6 Å². The van der Waals surface area contributed by atoms with E-state index in [1.54, 1.807) is 4.68 Å². The molecule has 0 saturated carbocycles. The molecule has 1 aliphatic rings. The number of hydrogen-bond donors (Lipinski definition) is 0. The first-order valence-corrected chi connectivity index (χ1v) is 7.36. The third-order valence-electron chi connectivity index (χ3n) is 4.09. The van der Waals surface area contributed by atoms with E-state index in [-0.39, 0.29) is 5.97 Å². The molecule has 1 heterocycles. The van der Waals surface area contributed by atoms with E-state index in [4.69, 9.17) is 4.74 Å². The van der Waals surface area contributed by atoms with E-state index in [0.717, 1.165) is 24.1 Å². The number of aryl methyl sites for hydroxylation is 3. The van der Waals surface area contributed by atoms with Crippen molar-refractivity contribution >= 4 is 5.97 Å². The summed E-state index contributed by atoms with van der Waals surface area (Å²) in [6.07, 6.45) is 9.64. The third-order valence-corrected chi connectivity index (χ3v) is 4.09. The Kier molecular flexibility index (Phi) is 4.99. The largest absolute Gasteiger partial charge is 0.465 e. The van der Waals surface area contributed by atoms with Crippen LogP contribution in [0.3, 0.4) is 0 Å². The van der Waals surface area contributed by atoms with Crippen LogP contribution in [0.2, 0.25) is 0 Å². The van der Waals surface area contributed by atoms with Crippen LogP contribution in [0.5, 0.6) is 0 Å². The van der Waals surface area contributed by atoms with Gasteiger partial charge in [-0.15, -0.1) is 0 Å². The fourth-order valence-corrected chi connectivity index (χ4v) is 2.64. The number of rotatable bonds is 5. The Morgan fingerprint density at radius 1 is 1.45 bits per heavy atom. The van der Waals surface area contributed by atoms with E-state index in [0.29, 0.717) is 31.3 Å². The Balaban J connectivity index is 1.73. The number of hydrogen-bond acceptors (Lipinski definition) is 3. The van der Waals surface area contributed by atoms with Gasteiger partial charge >= 0.3 is 5.97 Å². The molecule has 110 valence electrons. The molecule has 1 aromatic heterocycles. The van der Waals surface area contributed by atoms with Gasteiger partial charge in [0.05, 0.1) is 12.3 Å². The fraction of sp³-hybridized carbons (Fsp3) is 0.625. The summed E-state index contributed by atoms with van der Waals surface area (Å²) in [7, 11) is 1.90. The molecular formula is C16H24N2O2. The molecule has 2 rings (SSSR count). The first-order chi connectivity index (χ1) is 9.56. The van der Waals surface area contributed by atoms with Gasteiger partial charge in [0.1, 0.15) is 0 Å². The van der Waals surface area contributed by atoms with Crippen molar-refractivity contribution in [1.29, 1.82) is 0 Å². The van der Waals surface area contributed by atoms with E-state index in [2.05, 4.69) is 24.2 Å². The predicted octanol–water partition coefficient (Wildman–Crippen LogP) is 2.81. The zero-order valence-electron chi connectivity index (χ0n) is 12.6. The molecule has 4 nitrogen and oxygen atoms in total. The molecule has 1 aromatic rings. The first-order valence-electron chi connectivity index (χ1n) is 7.36. The van der Waals surface area contributed by atoms with Crippen molar-refractivity contribution in [3.63, 3.8) is 0 Å². The smallest absolute Gasteiger partial charge is 0.306 e. The standard InChI is InChI=1S/C16H24N2O2/c1-12-6-4-5-7-15(12)11-20-16(19)9-8-14-10-18(3)17-13(14)2/h4-5,10,12,15H,6-9,11H2,1-3H3. The molecule has 0 aromatic carbocycles. The number of allylic oxidation sites excluding steroid dienone is 2. The Bertz CT molecular complexity index is 491. The van der Waals surface area contributed by atoms with Crippen LogP contribution in [0.4, 0.5) is 0 Å². The summed E-state index contributed by atoms with van der Waals surface area (Å²) in [5, 5.41) is 4.28. The van der Waals surface area contributed by atoms with Crippen molar-refractivity contribution < 1.29 is 9.53 Å². The SMILES string of the molecule is Cc1nn(C)cc1CCC(=O)OCC1CC=CCC1C. The van der Waals surface area contributed by atoms with Crippen molar-refractivity contribution in [1.82, 2.24) is 9.78 Å². The molecule has 0 fully saturated rings. The van der Waals surface area contributed by atoms with Crippen LogP contribution in [-0.2, 0) is 23.0 Å². The number of ether oxygens (including phenoxy) is 1. The van der Waals surface area contributed by atoms with Crippen molar-refractivity contribution in [2.75, 3.05) is 6.61 Å². The van der Waals surface area contributed by atoms with E-state index in [1.807, 2.05) is 20.2 Å². The summed E-state index contributed by atoms with van der Waals surface area (Å²) in [4.78, 5) is 11.8. The summed E-state index contributed by atoms with van der Waals surface area (Å²) in [5.74, 6) is 0.979. The van der Waals surface area contributed by atoms with Crippen LogP contribution in [0.1, 0.15) is 37.4 Å². The number of esters is 1. The monoisotopic (exact) mass is 276 g/mol. The number of aromatic nitrogens is 2. The topological polar surface area (TPSA) is 44.1 Å². The molecule has 2 atom stereocenters. The zero-order valence-corrected chi connectivity index (χ0v) is 12.6. The van der Waals surface area contributed by atoms with Crippen LogP contribution in [0.25, 0.3) is 0 Å². The second-order valence-electron chi connectivity index (χ2n) is 5.78.